The van der Waals surface area contributed by atoms with Crippen LogP contribution in [0.3, 0.4) is 0 Å². The predicted octanol–water partition coefficient (Wildman–Crippen LogP) is 2.68. The van der Waals surface area contributed by atoms with Gasteiger partial charge < -0.3 is 10.1 Å². The number of nitrogens with one attached hydrogen (secondary N) is 1. The molecule has 140 valence electrons. The smallest absolute Gasteiger partial charge is 0.340 e. The standard InChI is InChI=1S/C20H27N3O3/c1-13-14-9-7-8-10-15(14)21-16(18(13)19(25)26-6)11-23(5)12-17(24)22-20(2,3)4/h7-10H,11-12H2,1-6H3,(H,22,24). The highest BCUT2D eigenvalue weighted by Crippen LogP contribution is 2.24. The molecule has 0 aliphatic rings. The summed E-state index contributed by atoms with van der Waals surface area (Å²) in [4.78, 5) is 31.0. The number of carbonyl (C=O) groups excluding carboxylic acids is 2. The maximum atomic E-state index is 12.3. The molecule has 0 unspecified atom stereocenters. The molecular weight excluding hydrogens is 330 g/mol. The molecule has 1 heterocycles. The van der Waals surface area contributed by atoms with E-state index in [9.17, 15) is 9.59 Å². The van der Waals surface area contributed by atoms with Crippen LogP contribution in [-0.4, -0.2) is 48.0 Å². The van der Waals surface area contributed by atoms with Crippen molar-refractivity contribution in [3.05, 3.63) is 41.1 Å². The Labute approximate surface area is 154 Å². The normalized spacial score (nSPS) is 11.7. The van der Waals surface area contributed by atoms with Crippen LogP contribution >= 0.6 is 0 Å². The van der Waals surface area contributed by atoms with Crippen LogP contribution in [0.25, 0.3) is 10.9 Å². The molecule has 1 amide bonds. The molecular formula is C20H27N3O3. The van der Waals surface area contributed by atoms with Gasteiger partial charge in [0.1, 0.15) is 0 Å². The zero-order valence-corrected chi connectivity index (χ0v) is 16.3. The number of hydrogen-bond acceptors (Lipinski definition) is 5. The largest absolute Gasteiger partial charge is 0.465 e. The molecule has 1 aromatic heterocycles. The highest BCUT2D eigenvalue weighted by atomic mass is 16.5. The second-order valence-electron chi connectivity index (χ2n) is 7.54. The fourth-order valence-corrected chi connectivity index (χ4v) is 2.94. The Bertz CT molecular complexity index is 825. The number of benzene rings is 1. The number of aromatic nitrogens is 1. The van der Waals surface area contributed by atoms with Gasteiger partial charge in [-0.15, -0.1) is 0 Å². The van der Waals surface area contributed by atoms with E-state index in [-0.39, 0.29) is 18.0 Å². The molecule has 0 aliphatic heterocycles. The van der Waals surface area contributed by atoms with Crippen LogP contribution in [0.4, 0.5) is 0 Å². The summed E-state index contributed by atoms with van der Waals surface area (Å²) in [7, 11) is 3.19. The van der Waals surface area contributed by atoms with Crippen LogP contribution in [-0.2, 0) is 16.1 Å². The van der Waals surface area contributed by atoms with E-state index >= 15 is 0 Å². The SMILES string of the molecule is COC(=O)c1c(CN(C)CC(=O)NC(C)(C)C)nc2ccccc2c1C. The van der Waals surface area contributed by atoms with Crippen LogP contribution in [0.5, 0.6) is 0 Å². The number of amides is 1. The van der Waals surface area contributed by atoms with Gasteiger partial charge in [-0.05, 0) is 46.4 Å². The number of ether oxygens (including phenoxy) is 1. The van der Waals surface area contributed by atoms with E-state index in [1.54, 1.807) is 0 Å². The van der Waals surface area contributed by atoms with Gasteiger partial charge in [0.25, 0.3) is 0 Å². The summed E-state index contributed by atoms with van der Waals surface area (Å²) in [6.07, 6.45) is 0. The molecule has 0 spiro atoms. The quantitative estimate of drug-likeness (QED) is 0.833. The molecule has 0 radical (unpaired) electrons. The average molecular weight is 357 g/mol. The fraction of sp³-hybridized carbons (Fsp3) is 0.450. The van der Waals surface area contributed by atoms with Crippen molar-refractivity contribution >= 4 is 22.8 Å². The molecule has 6 heteroatoms. The van der Waals surface area contributed by atoms with Gasteiger partial charge in [0.15, 0.2) is 0 Å². The number of esters is 1. The van der Waals surface area contributed by atoms with E-state index in [2.05, 4.69) is 10.3 Å². The number of para-hydroxylation sites is 1. The first-order valence-electron chi connectivity index (χ1n) is 8.58. The lowest BCUT2D eigenvalue weighted by Crippen LogP contribution is -2.45. The minimum atomic E-state index is -0.414. The van der Waals surface area contributed by atoms with Gasteiger partial charge in [0.05, 0.1) is 30.4 Å². The molecule has 0 fully saturated rings. The molecule has 2 aromatic rings. The van der Waals surface area contributed by atoms with E-state index in [0.717, 1.165) is 16.5 Å². The number of rotatable bonds is 5. The second-order valence-corrected chi connectivity index (χ2v) is 7.54. The topological polar surface area (TPSA) is 71.5 Å². The van der Waals surface area contributed by atoms with E-state index in [0.29, 0.717) is 17.8 Å². The van der Waals surface area contributed by atoms with Crippen molar-refractivity contribution in [1.82, 2.24) is 15.2 Å². The molecule has 1 aromatic carbocycles. The molecule has 0 aliphatic carbocycles. The third-order valence-corrected chi connectivity index (χ3v) is 3.96. The lowest BCUT2D eigenvalue weighted by atomic mass is 10.0. The van der Waals surface area contributed by atoms with Crippen molar-refractivity contribution in [3.8, 4) is 0 Å². The molecule has 0 saturated heterocycles. The molecule has 1 N–H and O–H groups in total. The molecule has 0 atom stereocenters. The monoisotopic (exact) mass is 357 g/mol. The van der Waals surface area contributed by atoms with Crippen molar-refractivity contribution in [3.63, 3.8) is 0 Å². The summed E-state index contributed by atoms with van der Waals surface area (Å²) in [5, 5.41) is 3.85. The summed E-state index contributed by atoms with van der Waals surface area (Å²) in [6.45, 7) is 8.29. The van der Waals surface area contributed by atoms with Gasteiger partial charge in [-0.2, -0.15) is 0 Å². The molecule has 0 saturated carbocycles. The number of hydrogen-bond donors (Lipinski definition) is 1. The van der Waals surface area contributed by atoms with Gasteiger partial charge in [0.2, 0.25) is 5.91 Å². The van der Waals surface area contributed by atoms with E-state index in [4.69, 9.17) is 4.74 Å². The van der Waals surface area contributed by atoms with Gasteiger partial charge >= 0.3 is 5.97 Å². The molecule has 6 nitrogen and oxygen atoms in total. The number of methoxy groups -OCH3 is 1. The van der Waals surface area contributed by atoms with Gasteiger partial charge in [-0.3, -0.25) is 14.7 Å². The Morgan fingerprint density at radius 1 is 1.23 bits per heavy atom. The fourth-order valence-electron chi connectivity index (χ4n) is 2.94. The van der Waals surface area contributed by atoms with Crippen LogP contribution in [0.2, 0.25) is 0 Å². The summed E-state index contributed by atoms with van der Waals surface area (Å²) in [6, 6.07) is 7.69. The number of carbonyl (C=O) groups is 2. The Balaban J connectivity index is 2.33. The summed E-state index contributed by atoms with van der Waals surface area (Å²) < 4.78 is 4.96. The maximum absolute atomic E-state index is 12.3. The first-order valence-corrected chi connectivity index (χ1v) is 8.58. The zero-order chi connectivity index (χ0) is 19.5. The van der Waals surface area contributed by atoms with Gasteiger partial charge in [-0.25, -0.2) is 4.79 Å². The van der Waals surface area contributed by atoms with Crippen LogP contribution in [0.15, 0.2) is 24.3 Å². The van der Waals surface area contributed by atoms with Crippen molar-refractivity contribution in [2.24, 2.45) is 0 Å². The Kier molecular flexibility index (Phi) is 5.97. The number of nitrogens with zero attached hydrogens (tertiary/aromatic N) is 2. The lowest BCUT2D eigenvalue weighted by Gasteiger charge is -2.24. The van der Waals surface area contributed by atoms with Crippen LogP contribution in [0.1, 0.15) is 42.4 Å². The van der Waals surface area contributed by atoms with Crippen molar-refractivity contribution in [1.29, 1.82) is 0 Å². The first-order chi connectivity index (χ1) is 12.1. The third kappa shape index (κ3) is 4.79. The summed E-state index contributed by atoms with van der Waals surface area (Å²) >= 11 is 0. The average Bonchev–Trinajstić information content (AvgIpc) is 2.52. The zero-order valence-electron chi connectivity index (χ0n) is 16.3. The molecule has 26 heavy (non-hydrogen) atoms. The Morgan fingerprint density at radius 2 is 1.88 bits per heavy atom. The highest BCUT2D eigenvalue weighted by Gasteiger charge is 2.21. The van der Waals surface area contributed by atoms with Crippen LogP contribution in [0, 0.1) is 6.92 Å². The second kappa shape index (κ2) is 7.83. The molecule has 0 bridgehead atoms. The van der Waals surface area contributed by atoms with Gasteiger partial charge in [0, 0.05) is 17.5 Å². The minimum Gasteiger partial charge on any atom is -0.465 e. The Hall–Kier alpha value is -2.47. The van der Waals surface area contributed by atoms with Crippen LogP contribution < -0.4 is 5.32 Å². The highest BCUT2D eigenvalue weighted by molar-refractivity contribution is 5.98. The van der Waals surface area contributed by atoms with E-state index in [1.165, 1.54) is 7.11 Å². The summed E-state index contributed by atoms with van der Waals surface area (Å²) in [5.74, 6) is -0.486. The number of aryl methyl sites for hydroxylation is 1. The van der Waals surface area contributed by atoms with Gasteiger partial charge in [-0.1, -0.05) is 18.2 Å². The lowest BCUT2D eigenvalue weighted by molar-refractivity contribution is -0.123. The van der Waals surface area contributed by atoms with Crippen molar-refractivity contribution in [2.75, 3.05) is 20.7 Å². The van der Waals surface area contributed by atoms with E-state index in [1.807, 2.05) is 63.9 Å². The minimum absolute atomic E-state index is 0.0721. The number of likely N-dealkylation sites (N-methyl/N-ethyl adjacent to an activating group) is 1. The number of fused-ring (bicyclic) bond motifs is 1. The summed E-state index contributed by atoms with van der Waals surface area (Å²) in [5.41, 5.74) is 2.45. The maximum Gasteiger partial charge on any atom is 0.340 e. The molecule has 2 rings (SSSR count). The number of pyridine rings is 1. The van der Waals surface area contributed by atoms with E-state index < -0.39 is 5.97 Å². The van der Waals surface area contributed by atoms with Crippen molar-refractivity contribution in [2.45, 2.75) is 39.8 Å². The predicted molar refractivity (Wildman–Crippen MR) is 102 cm³/mol. The van der Waals surface area contributed by atoms with Crippen molar-refractivity contribution < 1.29 is 14.3 Å². The Morgan fingerprint density at radius 3 is 2.50 bits per heavy atom. The third-order valence-electron chi connectivity index (χ3n) is 3.96. The first kappa shape index (κ1) is 19.8.